The molecule has 4 nitrogen and oxygen atoms in total. The molecule has 1 amide bonds. The molecule has 0 radical (unpaired) electrons. The molecule has 0 aromatic carbocycles. The lowest BCUT2D eigenvalue weighted by atomic mass is 9.32. The standard InChI is InChI=1S/C34H55NO3/c1-21(2)24-13-17-34(29(37)35-9)19-18-32(7)25(28(24)34)10-11-27-30(5)15-12-22(3)31(6,20-38-23(4)36)26(30)14-16-33(27,32)8/h22,24-28H,1,10-20H2,2-9H3,(H,35,37)/t22-,24?,25?,26?,27?,28?,30-,31+,32+,33+,34-/m0/s1. The molecule has 0 aromatic heterocycles. The molecule has 0 bridgehead atoms. The van der Waals surface area contributed by atoms with Crippen LogP contribution in [0.1, 0.15) is 113 Å². The summed E-state index contributed by atoms with van der Waals surface area (Å²) in [6.07, 6.45) is 11.8. The first-order valence-electron chi connectivity index (χ1n) is 15.7. The highest BCUT2D eigenvalue weighted by Gasteiger charge is 2.72. The third kappa shape index (κ3) is 3.52. The van der Waals surface area contributed by atoms with Gasteiger partial charge in [0.1, 0.15) is 0 Å². The lowest BCUT2D eigenvalue weighted by Gasteiger charge is -2.73. The first kappa shape index (κ1) is 28.2. The summed E-state index contributed by atoms with van der Waals surface area (Å²) in [6, 6.07) is 0. The van der Waals surface area contributed by atoms with Gasteiger partial charge in [0.05, 0.1) is 12.0 Å². The number of hydrogen-bond acceptors (Lipinski definition) is 3. The van der Waals surface area contributed by atoms with Gasteiger partial charge in [-0.25, -0.2) is 0 Å². The predicted octanol–water partition coefficient (Wildman–Crippen LogP) is 7.57. The summed E-state index contributed by atoms with van der Waals surface area (Å²) in [7, 11) is 1.84. The number of ether oxygens (including phenoxy) is 1. The number of allylic oxidation sites excluding steroid dienone is 1. The van der Waals surface area contributed by atoms with Crippen LogP contribution in [-0.4, -0.2) is 25.5 Å². The smallest absolute Gasteiger partial charge is 0.302 e. The third-order valence-electron chi connectivity index (χ3n) is 14.6. The molecule has 0 saturated heterocycles. The van der Waals surface area contributed by atoms with E-state index in [0.29, 0.717) is 48.0 Å². The fourth-order valence-electron chi connectivity index (χ4n) is 12.3. The summed E-state index contributed by atoms with van der Waals surface area (Å²) >= 11 is 0. The van der Waals surface area contributed by atoms with Crippen molar-refractivity contribution in [2.45, 2.75) is 113 Å². The molecule has 1 N–H and O–H groups in total. The maximum absolute atomic E-state index is 13.6. The Bertz CT molecular complexity index is 1010. The number of rotatable bonds is 4. The van der Waals surface area contributed by atoms with E-state index in [4.69, 9.17) is 4.74 Å². The van der Waals surface area contributed by atoms with Crippen LogP contribution in [0.15, 0.2) is 12.2 Å². The van der Waals surface area contributed by atoms with E-state index in [2.05, 4.69) is 53.4 Å². The van der Waals surface area contributed by atoms with Crippen LogP contribution >= 0.6 is 0 Å². The molecule has 5 aliphatic carbocycles. The highest BCUT2D eigenvalue weighted by molar-refractivity contribution is 5.83. The van der Waals surface area contributed by atoms with Crippen LogP contribution in [0, 0.1) is 62.6 Å². The van der Waals surface area contributed by atoms with Gasteiger partial charge >= 0.3 is 5.97 Å². The first-order chi connectivity index (χ1) is 17.7. The molecule has 11 atom stereocenters. The molecule has 0 heterocycles. The van der Waals surface area contributed by atoms with Crippen LogP contribution in [-0.2, 0) is 14.3 Å². The monoisotopic (exact) mass is 525 g/mol. The van der Waals surface area contributed by atoms with E-state index in [-0.39, 0.29) is 33.0 Å². The Hall–Kier alpha value is -1.32. The summed E-state index contributed by atoms with van der Waals surface area (Å²) in [5, 5.41) is 3.10. The van der Waals surface area contributed by atoms with Crippen molar-refractivity contribution in [2.75, 3.05) is 13.7 Å². The van der Waals surface area contributed by atoms with Gasteiger partial charge in [0.15, 0.2) is 0 Å². The lowest BCUT2D eigenvalue weighted by molar-refractivity contribution is -0.247. The molecule has 0 spiro atoms. The van der Waals surface area contributed by atoms with E-state index in [0.717, 1.165) is 19.3 Å². The molecule has 0 aromatic rings. The Morgan fingerprint density at radius 2 is 1.58 bits per heavy atom. The van der Waals surface area contributed by atoms with E-state index in [1.54, 1.807) is 6.92 Å². The summed E-state index contributed by atoms with van der Waals surface area (Å²) in [4.78, 5) is 25.4. The van der Waals surface area contributed by atoms with Crippen LogP contribution < -0.4 is 5.32 Å². The minimum Gasteiger partial charge on any atom is -0.465 e. The fourth-order valence-corrected chi connectivity index (χ4v) is 12.3. The van der Waals surface area contributed by atoms with Gasteiger partial charge in [-0.05, 0) is 123 Å². The molecule has 38 heavy (non-hydrogen) atoms. The van der Waals surface area contributed by atoms with E-state index in [1.165, 1.54) is 50.5 Å². The number of fused-ring (bicyclic) bond motifs is 7. The number of carbonyl (C=O) groups is 2. The zero-order chi connectivity index (χ0) is 27.9. The molecule has 0 aliphatic heterocycles. The molecule has 5 unspecified atom stereocenters. The van der Waals surface area contributed by atoms with Gasteiger partial charge in [0.2, 0.25) is 5.91 Å². The van der Waals surface area contributed by atoms with Crippen molar-refractivity contribution < 1.29 is 14.3 Å². The van der Waals surface area contributed by atoms with E-state index < -0.39 is 0 Å². The number of nitrogens with one attached hydrogen (secondary N) is 1. The highest BCUT2D eigenvalue weighted by Crippen LogP contribution is 2.77. The molecule has 214 valence electrons. The van der Waals surface area contributed by atoms with Crippen molar-refractivity contribution in [1.82, 2.24) is 5.32 Å². The number of esters is 1. The topological polar surface area (TPSA) is 55.4 Å². The zero-order valence-corrected chi connectivity index (χ0v) is 25.7. The van der Waals surface area contributed by atoms with Gasteiger partial charge in [-0.3, -0.25) is 9.59 Å². The second-order valence-electron chi connectivity index (χ2n) is 15.6. The van der Waals surface area contributed by atoms with Crippen molar-refractivity contribution in [3.8, 4) is 0 Å². The summed E-state index contributed by atoms with van der Waals surface area (Å²) in [5.41, 5.74) is 1.88. The molecular weight excluding hydrogens is 470 g/mol. The van der Waals surface area contributed by atoms with Crippen molar-refractivity contribution in [2.24, 2.45) is 62.6 Å². The van der Waals surface area contributed by atoms with Gasteiger partial charge in [-0.2, -0.15) is 0 Å². The van der Waals surface area contributed by atoms with Gasteiger partial charge in [-0.15, -0.1) is 0 Å². The minimum absolute atomic E-state index is 0.0369. The normalized spacial score (nSPS) is 51.6. The second-order valence-corrected chi connectivity index (χ2v) is 15.6. The highest BCUT2D eigenvalue weighted by atomic mass is 16.5. The number of hydrogen-bond donors (Lipinski definition) is 1. The van der Waals surface area contributed by atoms with Crippen LogP contribution in [0.3, 0.4) is 0 Å². The van der Waals surface area contributed by atoms with Gasteiger partial charge in [0, 0.05) is 19.4 Å². The Labute approximate surface area is 232 Å². The van der Waals surface area contributed by atoms with Crippen molar-refractivity contribution in [3.05, 3.63) is 12.2 Å². The summed E-state index contributed by atoms with van der Waals surface area (Å²) in [6.45, 7) is 21.5. The van der Waals surface area contributed by atoms with Crippen molar-refractivity contribution in [1.29, 1.82) is 0 Å². The van der Waals surface area contributed by atoms with Crippen molar-refractivity contribution >= 4 is 11.9 Å². The SMILES string of the molecule is C=C(C)C1CC[C@]2(C(=O)NC)CC[C@]3(C)C(CCC4[C@@]5(C)CC[C@H](C)[C@@](C)(COC(C)=O)C5CC[C@]43C)C12. The number of carbonyl (C=O) groups excluding carboxylic acids is 2. The van der Waals surface area contributed by atoms with E-state index in [9.17, 15) is 9.59 Å². The lowest BCUT2D eigenvalue weighted by Crippen LogP contribution is -2.67. The molecule has 5 aliphatic rings. The minimum atomic E-state index is -0.213. The second kappa shape index (κ2) is 9.10. The van der Waals surface area contributed by atoms with Crippen LogP contribution in [0.2, 0.25) is 0 Å². The van der Waals surface area contributed by atoms with Crippen LogP contribution in [0.5, 0.6) is 0 Å². The third-order valence-corrected chi connectivity index (χ3v) is 14.6. The number of amides is 1. The molecule has 4 heteroatoms. The van der Waals surface area contributed by atoms with E-state index in [1.807, 2.05) is 7.05 Å². The molecule has 5 saturated carbocycles. The Balaban J connectivity index is 1.53. The largest absolute Gasteiger partial charge is 0.465 e. The quantitative estimate of drug-likeness (QED) is 0.304. The Kier molecular flexibility index (Phi) is 6.76. The fraction of sp³-hybridized carbons (Fsp3) is 0.882. The average Bonchev–Trinajstić information content (AvgIpc) is 3.26. The molecular formula is C34H55NO3. The Morgan fingerprint density at radius 3 is 2.21 bits per heavy atom. The van der Waals surface area contributed by atoms with Crippen molar-refractivity contribution in [3.63, 3.8) is 0 Å². The average molecular weight is 526 g/mol. The molecule has 5 rings (SSSR count). The van der Waals surface area contributed by atoms with Gasteiger partial charge in [0.25, 0.3) is 0 Å². The zero-order valence-electron chi connectivity index (χ0n) is 25.7. The molecule has 5 fully saturated rings. The summed E-state index contributed by atoms with van der Waals surface area (Å²) in [5.74, 6) is 3.43. The van der Waals surface area contributed by atoms with Crippen LogP contribution in [0.25, 0.3) is 0 Å². The van der Waals surface area contributed by atoms with E-state index >= 15 is 0 Å². The van der Waals surface area contributed by atoms with Gasteiger partial charge < -0.3 is 10.1 Å². The maximum Gasteiger partial charge on any atom is 0.302 e. The first-order valence-corrected chi connectivity index (χ1v) is 15.7. The maximum atomic E-state index is 13.6. The Morgan fingerprint density at radius 1 is 0.868 bits per heavy atom. The van der Waals surface area contributed by atoms with Crippen LogP contribution in [0.4, 0.5) is 0 Å². The predicted molar refractivity (Wildman–Crippen MR) is 153 cm³/mol. The van der Waals surface area contributed by atoms with Gasteiger partial charge in [-0.1, -0.05) is 46.8 Å². The summed E-state index contributed by atoms with van der Waals surface area (Å²) < 4.78 is 5.76.